The average Bonchev–Trinajstić information content (AvgIpc) is 3.62. The van der Waals surface area contributed by atoms with Crippen LogP contribution in [0.4, 0.5) is 13.6 Å². The quantitative estimate of drug-likeness (QED) is 0.223. The first-order chi connectivity index (χ1) is 18.7. The molecule has 0 bridgehead atoms. The summed E-state index contributed by atoms with van der Waals surface area (Å²) in [6, 6.07) is 4.95. The molecule has 40 heavy (non-hydrogen) atoms. The van der Waals surface area contributed by atoms with Crippen molar-refractivity contribution in [3.05, 3.63) is 58.4 Å². The lowest BCUT2D eigenvalue weighted by atomic mass is 9.84. The molecule has 1 aromatic carbocycles. The summed E-state index contributed by atoms with van der Waals surface area (Å²) in [6.07, 6.45) is 3.04. The average molecular weight is 610 g/mol. The van der Waals surface area contributed by atoms with Crippen LogP contribution in [0.3, 0.4) is 0 Å². The maximum atomic E-state index is 15.3. The van der Waals surface area contributed by atoms with Gasteiger partial charge >= 0.3 is 6.09 Å². The Morgan fingerprint density at radius 2 is 2.05 bits per heavy atom. The molecule has 1 aliphatic heterocycles. The molecule has 3 atom stereocenters. The number of nitrogens with one attached hydrogen (secondary N) is 1. The number of benzene rings is 1. The molecule has 2 aliphatic rings. The van der Waals surface area contributed by atoms with Gasteiger partial charge in [-0.25, -0.2) is 28.5 Å². The number of nitrogens with zero attached hydrogens (tertiary/aromatic N) is 3. The van der Waals surface area contributed by atoms with Gasteiger partial charge in [-0.1, -0.05) is 37.3 Å². The van der Waals surface area contributed by atoms with Gasteiger partial charge in [0.1, 0.15) is 28.1 Å². The zero-order valence-corrected chi connectivity index (χ0v) is 25.0. The van der Waals surface area contributed by atoms with Gasteiger partial charge in [0.05, 0.1) is 17.9 Å². The van der Waals surface area contributed by atoms with Crippen molar-refractivity contribution >= 4 is 60.6 Å². The number of carbonyl (C=O) groups is 2. The predicted octanol–water partition coefficient (Wildman–Crippen LogP) is 5.34. The fraction of sp³-hybridized carbons (Fsp3) is 0.423. The number of nitrogens with two attached hydrogens (primary N) is 1. The fourth-order valence-electron chi connectivity index (χ4n) is 4.42. The first kappa shape index (κ1) is 30.1. The topological polar surface area (TPSA) is 129 Å². The smallest absolute Gasteiger partial charge is 0.385 e. The van der Waals surface area contributed by atoms with Crippen molar-refractivity contribution in [3.63, 3.8) is 0 Å². The second-order valence-electron chi connectivity index (χ2n) is 11.0. The maximum absolute atomic E-state index is 15.3. The molecule has 0 radical (unpaired) electrons. The maximum Gasteiger partial charge on any atom is 0.416 e. The van der Waals surface area contributed by atoms with E-state index in [0.717, 1.165) is 17.8 Å². The number of ether oxygens (including phenoxy) is 2. The van der Waals surface area contributed by atoms with Gasteiger partial charge in [-0.05, 0) is 54.9 Å². The van der Waals surface area contributed by atoms with Crippen LogP contribution in [0, 0.1) is 11.7 Å². The summed E-state index contributed by atoms with van der Waals surface area (Å²) in [5.74, 6) is -2.42. The van der Waals surface area contributed by atoms with Gasteiger partial charge in [-0.15, -0.1) is 0 Å². The summed E-state index contributed by atoms with van der Waals surface area (Å²) in [5.41, 5.74) is 4.78. The van der Waals surface area contributed by atoms with Crippen LogP contribution in [0.1, 0.15) is 30.2 Å². The second-order valence-corrected chi connectivity index (χ2v) is 18.3. The monoisotopic (exact) mass is 609 g/mol. The number of aliphatic imine (C=N–C) groups is 1. The van der Waals surface area contributed by atoms with E-state index in [2.05, 4.69) is 39.9 Å². The van der Waals surface area contributed by atoms with Gasteiger partial charge in [0.15, 0.2) is 5.83 Å². The van der Waals surface area contributed by atoms with Gasteiger partial charge in [0.2, 0.25) is 5.91 Å². The van der Waals surface area contributed by atoms with E-state index in [4.69, 9.17) is 26.8 Å². The molecule has 3 N–H and O–H groups in total. The minimum Gasteiger partial charge on any atom is -0.385 e. The molecule has 4 rings (SSSR count). The summed E-state index contributed by atoms with van der Waals surface area (Å²) < 4.78 is 39.8. The summed E-state index contributed by atoms with van der Waals surface area (Å²) in [7, 11) is -1.28. The summed E-state index contributed by atoms with van der Waals surface area (Å²) in [4.78, 5) is 37.2. The minimum atomic E-state index is -1.33. The molecule has 214 valence electrons. The fourth-order valence-corrected chi connectivity index (χ4v) is 6.66. The third-order valence-corrected chi connectivity index (χ3v) is 10.1. The van der Waals surface area contributed by atoms with Crippen molar-refractivity contribution < 1.29 is 27.8 Å². The van der Waals surface area contributed by atoms with Gasteiger partial charge < -0.3 is 15.2 Å². The lowest BCUT2D eigenvalue weighted by Gasteiger charge is -2.33. The molecule has 14 heteroatoms. The van der Waals surface area contributed by atoms with E-state index in [1.54, 1.807) is 6.92 Å². The Labute approximate surface area is 241 Å². The number of fused-ring (bicyclic) bond motifs is 1. The lowest BCUT2D eigenvalue weighted by Crippen LogP contribution is -2.42. The Balaban J connectivity index is 1.57. The first-order valence-electron chi connectivity index (χ1n) is 12.5. The number of hydrogen-bond donors (Lipinski definition) is 2. The Morgan fingerprint density at radius 1 is 1.30 bits per heavy atom. The highest BCUT2D eigenvalue weighted by Crippen LogP contribution is 2.66. The summed E-state index contributed by atoms with van der Waals surface area (Å²) in [5, 5.41) is 2.48. The van der Waals surface area contributed by atoms with E-state index in [1.807, 2.05) is 0 Å². The highest BCUT2D eigenvalue weighted by Gasteiger charge is 2.70. The molecule has 1 fully saturated rings. The van der Waals surface area contributed by atoms with E-state index < -0.39 is 47.9 Å². The molecule has 0 spiro atoms. The largest absolute Gasteiger partial charge is 0.416 e. The highest BCUT2D eigenvalue weighted by atomic mass is 35.5. The van der Waals surface area contributed by atoms with Crippen molar-refractivity contribution in [2.45, 2.75) is 49.3 Å². The molecule has 1 aromatic heterocycles. The van der Waals surface area contributed by atoms with Gasteiger partial charge in [0.25, 0.3) is 5.23 Å². The molecule has 2 amide bonds. The summed E-state index contributed by atoms with van der Waals surface area (Å²) in [6.45, 7) is 8.72. The van der Waals surface area contributed by atoms with E-state index >= 15 is 4.39 Å². The van der Waals surface area contributed by atoms with Crippen LogP contribution in [0.25, 0.3) is 11.9 Å². The van der Waals surface area contributed by atoms with Crippen molar-refractivity contribution in [3.8, 4) is 0 Å². The van der Waals surface area contributed by atoms with E-state index in [-0.39, 0.29) is 28.4 Å². The minimum absolute atomic E-state index is 0.0466. The van der Waals surface area contributed by atoms with Crippen LogP contribution in [0.2, 0.25) is 30.8 Å². The van der Waals surface area contributed by atoms with Crippen LogP contribution >= 0.6 is 23.4 Å². The molecule has 1 aliphatic carbocycles. The third-order valence-electron chi connectivity index (χ3n) is 6.79. The van der Waals surface area contributed by atoms with Crippen LogP contribution in [0.15, 0.2) is 35.6 Å². The van der Waals surface area contributed by atoms with E-state index in [9.17, 15) is 14.0 Å². The third kappa shape index (κ3) is 6.70. The normalized spacial score (nSPS) is 24.1. The number of carbonyl (C=O) groups excluding carboxylic acids is 2. The zero-order chi connectivity index (χ0) is 29.3. The van der Waals surface area contributed by atoms with Crippen LogP contribution in [0.5, 0.6) is 0 Å². The van der Waals surface area contributed by atoms with Gasteiger partial charge in [0, 0.05) is 26.2 Å². The van der Waals surface area contributed by atoms with Crippen molar-refractivity contribution in [2.75, 3.05) is 13.3 Å². The molecule has 2 heterocycles. The van der Waals surface area contributed by atoms with E-state index in [1.165, 1.54) is 36.7 Å². The predicted molar refractivity (Wildman–Crippen MR) is 153 cm³/mol. The Hall–Kier alpha value is -2.87. The molecule has 9 nitrogen and oxygen atoms in total. The molecule has 0 unspecified atom stereocenters. The standard InChI is InChI=1S/C26H30ClF2N5O4SSi/c1-25(16-9-15(5-6-17(16)28)10-18(29)19-12-32-21(27)13-31-19)20-11-26(20,22(30)35)39-24(34-25)38-23(36)33-14-37-7-8-40(2,3)4/h5-6,9-10,12-13,20H,7-8,11,14H2,1-4H3,(H2,30,35)(H,33,36)/b18-10-/t20-,25+,26-/m0/s1. The Morgan fingerprint density at radius 3 is 2.70 bits per heavy atom. The van der Waals surface area contributed by atoms with Gasteiger partial charge in [-0.2, -0.15) is 0 Å². The Bertz CT molecular complexity index is 1370. The Kier molecular flexibility index (Phi) is 8.69. The van der Waals surface area contributed by atoms with Crippen molar-refractivity contribution in [1.29, 1.82) is 0 Å². The SMILES string of the molecule is C[C@]1(c2cc(/C=C(\F)c3cnc(Cl)cn3)ccc2F)N=C(OC(=O)NCOCC[Si](C)(C)C)S[C@@]2(C(N)=O)C[C@H]21. The molecular formula is C26H30ClF2N5O4SSi. The number of aromatic nitrogens is 2. The molecule has 1 saturated carbocycles. The number of rotatable bonds is 9. The number of hydrogen-bond acceptors (Lipinski definition) is 8. The molecule has 0 saturated heterocycles. The van der Waals surface area contributed by atoms with Crippen molar-refractivity contribution in [1.82, 2.24) is 15.3 Å². The molecule has 2 aromatic rings. The first-order valence-corrected chi connectivity index (χ1v) is 17.4. The van der Waals surface area contributed by atoms with Crippen LogP contribution < -0.4 is 11.1 Å². The van der Waals surface area contributed by atoms with Gasteiger partial charge in [-0.3, -0.25) is 10.1 Å². The van der Waals surface area contributed by atoms with Crippen LogP contribution in [-0.2, 0) is 19.8 Å². The number of primary amides is 1. The second kappa shape index (κ2) is 11.5. The zero-order valence-electron chi connectivity index (χ0n) is 22.5. The number of thioether (sulfide) groups is 1. The number of halogens is 3. The molecular weight excluding hydrogens is 580 g/mol. The summed E-state index contributed by atoms with van der Waals surface area (Å²) >= 11 is 6.66. The van der Waals surface area contributed by atoms with Crippen molar-refractivity contribution in [2.24, 2.45) is 16.6 Å². The highest BCUT2D eigenvalue weighted by molar-refractivity contribution is 8.15. The van der Waals surface area contributed by atoms with Crippen LogP contribution in [-0.4, -0.2) is 53.4 Å². The lowest BCUT2D eigenvalue weighted by molar-refractivity contribution is -0.118. The number of amides is 2. The number of alkyl carbamates (subject to hydrolysis) is 1. The van der Waals surface area contributed by atoms with E-state index in [0.29, 0.717) is 18.6 Å².